The second kappa shape index (κ2) is 7.17. The van der Waals surface area contributed by atoms with E-state index in [1.54, 1.807) is 13.8 Å². The quantitative estimate of drug-likeness (QED) is 0.715. The maximum atomic E-state index is 13.6. The van der Waals surface area contributed by atoms with E-state index in [9.17, 15) is 22.8 Å². The summed E-state index contributed by atoms with van der Waals surface area (Å²) >= 11 is 0. The fraction of sp³-hybridized carbons (Fsp3) is 0.450. The lowest BCUT2D eigenvalue weighted by Crippen LogP contribution is -2.29. The van der Waals surface area contributed by atoms with E-state index in [4.69, 9.17) is 5.73 Å². The molecule has 0 saturated heterocycles. The molecule has 2 aliphatic rings. The number of hydrogen-bond acceptors (Lipinski definition) is 6. The summed E-state index contributed by atoms with van der Waals surface area (Å²) in [4.78, 5) is 32.7. The SMILES string of the molecule is CC1(C)CC(=O)c2c(C(F)(F)F)nn(-c3ncc(C(N)=O)c(NC4CC=CC4)n3)c2C1. The third-order valence-corrected chi connectivity index (χ3v) is 5.39. The molecule has 0 atom stereocenters. The third kappa shape index (κ3) is 3.91. The summed E-state index contributed by atoms with van der Waals surface area (Å²) in [5.41, 5.74) is 3.30. The Balaban J connectivity index is 1.86. The summed E-state index contributed by atoms with van der Waals surface area (Å²) in [6.45, 7) is 3.60. The molecule has 0 saturated carbocycles. The molecular weight excluding hydrogens is 413 g/mol. The molecule has 2 aliphatic carbocycles. The molecule has 0 aromatic carbocycles. The van der Waals surface area contributed by atoms with Crippen molar-refractivity contribution in [1.29, 1.82) is 0 Å². The predicted octanol–water partition coefficient (Wildman–Crippen LogP) is 3.07. The average Bonchev–Trinajstić information content (AvgIpc) is 3.27. The van der Waals surface area contributed by atoms with E-state index >= 15 is 0 Å². The first-order valence-corrected chi connectivity index (χ1v) is 9.77. The molecule has 164 valence electrons. The van der Waals surface area contributed by atoms with Crippen molar-refractivity contribution in [1.82, 2.24) is 19.7 Å². The molecule has 2 aromatic heterocycles. The number of ketones is 1. The molecule has 2 heterocycles. The van der Waals surface area contributed by atoms with Crippen LogP contribution < -0.4 is 11.1 Å². The van der Waals surface area contributed by atoms with Crippen LogP contribution in [0.1, 0.15) is 65.2 Å². The van der Waals surface area contributed by atoms with Crippen molar-refractivity contribution in [2.24, 2.45) is 11.1 Å². The van der Waals surface area contributed by atoms with Crippen LogP contribution in [0.15, 0.2) is 18.3 Å². The standard InChI is InChI=1S/C20H21F3N6O2/c1-19(2)7-12-14(13(30)8-19)15(20(21,22)23)28-29(12)18-25-9-11(16(24)31)17(27-18)26-10-5-3-4-6-10/h3-4,9-10H,5-8H2,1-2H3,(H2,24,31)(H,25,26,27). The van der Waals surface area contributed by atoms with Crippen molar-refractivity contribution in [3.05, 3.63) is 40.9 Å². The first kappa shape index (κ1) is 21.0. The first-order valence-electron chi connectivity index (χ1n) is 9.77. The summed E-state index contributed by atoms with van der Waals surface area (Å²) in [7, 11) is 0. The maximum absolute atomic E-state index is 13.6. The van der Waals surface area contributed by atoms with Crippen molar-refractivity contribution in [3.63, 3.8) is 0 Å². The minimum absolute atomic E-state index is 0.0161. The van der Waals surface area contributed by atoms with Crippen LogP contribution in [0.4, 0.5) is 19.0 Å². The Kier molecular flexibility index (Phi) is 4.86. The Morgan fingerprint density at radius 1 is 1.26 bits per heavy atom. The van der Waals surface area contributed by atoms with Gasteiger partial charge in [0.05, 0.1) is 16.8 Å². The lowest BCUT2D eigenvalue weighted by Gasteiger charge is -2.29. The van der Waals surface area contributed by atoms with E-state index in [1.807, 2.05) is 12.2 Å². The van der Waals surface area contributed by atoms with Crippen molar-refractivity contribution < 1.29 is 22.8 Å². The molecular formula is C20H21F3N6O2. The Hall–Kier alpha value is -3.24. The van der Waals surface area contributed by atoms with Gasteiger partial charge in [0.25, 0.3) is 11.9 Å². The van der Waals surface area contributed by atoms with Gasteiger partial charge in [0, 0.05) is 18.7 Å². The number of rotatable bonds is 4. The van der Waals surface area contributed by atoms with Crippen molar-refractivity contribution in [2.45, 2.75) is 51.7 Å². The molecule has 8 nitrogen and oxygen atoms in total. The number of aromatic nitrogens is 4. The molecule has 11 heteroatoms. The van der Waals surface area contributed by atoms with E-state index < -0.39 is 34.5 Å². The molecule has 0 spiro atoms. The van der Waals surface area contributed by atoms with Gasteiger partial charge in [-0.15, -0.1) is 0 Å². The van der Waals surface area contributed by atoms with Gasteiger partial charge in [-0.2, -0.15) is 23.3 Å². The summed E-state index contributed by atoms with van der Waals surface area (Å²) < 4.78 is 41.9. The molecule has 31 heavy (non-hydrogen) atoms. The lowest BCUT2D eigenvalue weighted by molar-refractivity contribution is -0.141. The zero-order chi connectivity index (χ0) is 22.6. The summed E-state index contributed by atoms with van der Waals surface area (Å²) in [6, 6.07) is -0.0290. The van der Waals surface area contributed by atoms with E-state index in [-0.39, 0.29) is 41.9 Å². The predicted molar refractivity (Wildman–Crippen MR) is 105 cm³/mol. The third-order valence-electron chi connectivity index (χ3n) is 5.39. The van der Waals surface area contributed by atoms with E-state index in [2.05, 4.69) is 20.4 Å². The van der Waals surface area contributed by atoms with Crippen molar-refractivity contribution >= 4 is 17.5 Å². The van der Waals surface area contributed by atoms with Gasteiger partial charge >= 0.3 is 6.18 Å². The molecule has 4 rings (SSSR count). The zero-order valence-corrected chi connectivity index (χ0v) is 17.0. The van der Waals surface area contributed by atoms with Crippen LogP contribution in [0.25, 0.3) is 5.95 Å². The van der Waals surface area contributed by atoms with Crippen LogP contribution in [0, 0.1) is 5.41 Å². The monoisotopic (exact) mass is 434 g/mol. The Bertz CT molecular complexity index is 1100. The highest BCUT2D eigenvalue weighted by atomic mass is 19.4. The van der Waals surface area contributed by atoms with Crippen LogP contribution in [0.5, 0.6) is 0 Å². The fourth-order valence-electron chi connectivity index (χ4n) is 4.01. The van der Waals surface area contributed by atoms with Crippen LogP contribution in [-0.4, -0.2) is 37.5 Å². The number of nitrogens with one attached hydrogen (secondary N) is 1. The number of carbonyl (C=O) groups excluding carboxylic acids is 2. The van der Waals surface area contributed by atoms with Crippen LogP contribution in [0.2, 0.25) is 0 Å². The van der Waals surface area contributed by atoms with Crippen LogP contribution in [-0.2, 0) is 12.6 Å². The second-order valence-corrected chi connectivity index (χ2v) is 8.60. The smallest absolute Gasteiger partial charge is 0.366 e. The second-order valence-electron chi connectivity index (χ2n) is 8.60. The maximum Gasteiger partial charge on any atom is 0.435 e. The van der Waals surface area contributed by atoms with Gasteiger partial charge in [0.1, 0.15) is 5.82 Å². The number of nitrogens with two attached hydrogens (primary N) is 1. The number of fused-ring (bicyclic) bond motifs is 1. The zero-order valence-electron chi connectivity index (χ0n) is 17.0. The first-order chi connectivity index (χ1) is 14.5. The number of Topliss-reactive ketones (excluding diaryl/α,β-unsaturated/α-hetero) is 1. The highest BCUT2D eigenvalue weighted by Crippen LogP contribution is 2.41. The highest BCUT2D eigenvalue weighted by molar-refractivity contribution is 6.00. The molecule has 1 amide bonds. The normalized spacial score (nSPS) is 18.3. The summed E-state index contributed by atoms with van der Waals surface area (Å²) in [5, 5.41) is 6.78. The van der Waals surface area contributed by atoms with Gasteiger partial charge in [-0.25, -0.2) is 9.67 Å². The Morgan fingerprint density at radius 3 is 2.55 bits per heavy atom. The number of primary amides is 1. The van der Waals surface area contributed by atoms with Gasteiger partial charge < -0.3 is 11.1 Å². The Labute approximate surface area is 175 Å². The van der Waals surface area contributed by atoms with Crippen LogP contribution in [0.3, 0.4) is 0 Å². The molecule has 0 aliphatic heterocycles. The minimum atomic E-state index is -4.81. The van der Waals surface area contributed by atoms with E-state index in [1.165, 1.54) is 0 Å². The summed E-state index contributed by atoms with van der Waals surface area (Å²) in [5.74, 6) is -1.44. The van der Waals surface area contributed by atoms with Gasteiger partial charge in [0.2, 0.25) is 0 Å². The molecule has 0 fully saturated rings. The average molecular weight is 434 g/mol. The van der Waals surface area contributed by atoms with Gasteiger partial charge in [-0.05, 0) is 24.7 Å². The van der Waals surface area contributed by atoms with Crippen molar-refractivity contribution in [3.8, 4) is 5.95 Å². The fourth-order valence-corrected chi connectivity index (χ4v) is 4.01. The number of halogens is 3. The molecule has 0 unspecified atom stereocenters. The largest absolute Gasteiger partial charge is 0.435 e. The lowest BCUT2D eigenvalue weighted by atomic mass is 9.75. The van der Waals surface area contributed by atoms with E-state index in [0.717, 1.165) is 10.9 Å². The number of anilines is 1. The number of nitrogens with zero attached hydrogens (tertiary/aromatic N) is 4. The number of carbonyl (C=O) groups is 2. The number of alkyl halides is 3. The molecule has 2 aromatic rings. The van der Waals surface area contributed by atoms with Crippen LogP contribution >= 0.6 is 0 Å². The molecule has 0 bridgehead atoms. The number of hydrogen-bond donors (Lipinski definition) is 2. The Morgan fingerprint density at radius 2 is 1.94 bits per heavy atom. The molecule has 0 radical (unpaired) electrons. The topological polar surface area (TPSA) is 116 Å². The highest BCUT2D eigenvalue weighted by Gasteiger charge is 2.45. The summed E-state index contributed by atoms with van der Waals surface area (Å²) in [6.07, 6.45) is 1.87. The minimum Gasteiger partial charge on any atom is -0.366 e. The van der Waals surface area contributed by atoms with E-state index in [0.29, 0.717) is 12.8 Å². The van der Waals surface area contributed by atoms with Gasteiger partial charge in [0.15, 0.2) is 11.5 Å². The van der Waals surface area contributed by atoms with Crippen molar-refractivity contribution in [2.75, 3.05) is 5.32 Å². The number of amides is 1. The molecule has 3 N–H and O–H groups in total. The van der Waals surface area contributed by atoms with Gasteiger partial charge in [-0.1, -0.05) is 26.0 Å². The van der Waals surface area contributed by atoms with Gasteiger partial charge in [-0.3, -0.25) is 9.59 Å².